The number of rotatable bonds is 28. The van der Waals surface area contributed by atoms with E-state index in [2.05, 4.69) is 56.5 Å². The molecular weight excluding hydrogens is 1650 g/mol. The molecule has 0 bridgehead atoms. The second-order valence-corrected chi connectivity index (χ2v) is 31.8. The van der Waals surface area contributed by atoms with Gasteiger partial charge >= 0.3 is 6.01 Å². The maximum absolute atomic E-state index is 12.4. The first-order chi connectivity index (χ1) is 51.4. The van der Waals surface area contributed by atoms with Crippen LogP contribution in [-0.2, 0) is 36.8 Å². The van der Waals surface area contributed by atoms with Crippen LogP contribution >= 0.6 is 150 Å². The van der Waals surface area contributed by atoms with E-state index in [1.807, 2.05) is 68.9 Å². The number of aromatic nitrogens is 6. The summed E-state index contributed by atoms with van der Waals surface area (Å²) in [5, 5.41) is 28.7. The number of aliphatic hydroxyl groups is 1. The zero-order valence-electron chi connectivity index (χ0n) is 57.1. The van der Waals surface area contributed by atoms with Crippen LogP contribution in [0.3, 0.4) is 0 Å². The summed E-state index contributed by atoms with van der Waals surface area (Å²) < 4.78 is 16.1. The summed E-state index contributed by atoms with van der Waals surface area (Å²) in [6.45, 7) is 2.23. The highest BCUT2D eigenvalue weighted by Gasteiger charge is 2.18. The van der Waals surface area contributed by atoms with E-state index in [4.69, 9.17) is 102 Å². The minimum absolute atomic E-state index is 0.00184. The van der Waals surface area contributed by atoms with Crippen LogP contribution < -0.4 is 30.8 Å². The lowest BCUT2D eigenvalue weighted by atomic mass is 10.1. The van der Waals surface area contributed by atoms with Crippen molar-refractivity contribution in [1.82, 2.24) is 56.1 Å². The number of allylic oxidation sites excluding steroid dienone is 1. The fraction of sp³-hybridized carbons (Fsp3) is 0.192. The summed E-state index contributed by atoms with van der Waals surface area (Å²) in [6, 6.07) is 40.8. The summed E-state index contributed by atoms with van der Waals surface area (Å²) in [5.41, 5.74) is 5.85. The van der Waals surface area contributed by atoms with E-state index in [0.29, 0.717) is 145 Å². The van der Waals surface area contributed by atoms with Gasteiger partial charge in [-0.25, -0.2) is 29.1 Å². The Morgan fingerprint density at radius 2 is 0.841 bits per heavy atom. The van der Waals surface area contributed by atoms with Gasteiger partial charge in [-0.1, -0.05) is 129 Å². The van der Waals surface area contributed by atoms with E-state index in [1.54, 1.807) is 114 Å². The molecule has 1 atom stereocenters. The Morgan fingerprint density at radius 3 is 1.22 bits per heavy atom. The molecule has 0 saturated carbocycles. The normalized spacial score (nSPS) is 11.0. The van der Waals surface area contributed by atoms with Crippen LogP contribution in [0.1, 0.15) is 70.6 Å². The van der Waals surface area contributed by atoms with E-state index < -0.39 is 11.1 Å². The van der Waals surface area contributed by atoms with E-state index >= 15 is 0 Å². The second-order valence-electron chi connectivity index (χ2n) is 22.3. The van der Waals surface area contributed by atoms with Crippen molar-refractivity contribution >= 4 is 196 Å². The Kier molecular flexibility index (Phi) is 34.6. The van der Waals surface area contributed by atoms with Gasteiger partial charge in [-0.05, 0) is 169 Å². The van der Waals surface area contributed by atoms with E-state index in [0.717, 1.165) is 42.6 Å². The Morgan fingerprint density at radius 1 is 0.477 bits per heavy atom. The Hall–Kier alpha value is -7.61. The van der Waals surface area contributed by atoms with Gasteiger partial charge < -0.3 is 40.8 Å². The Balaban J connectivity index is 0.000000180. The van der Waals surface area contributed by atoms with E-state index in [-0.39, 0.29) is 42.0 Å². The lowest BCUT2D eigenvalue weighted by molar-refractivity contribution is 0.0950. The van der Waals surface area contributed by atoms with Crippen molar-refractivity contribution in [2.24, 2.45) is 0 Å². The number of hydrogen-bond donors (Lipinski definition) is 6. The summed E-state index contributed by atoms with van der Waals surface area (Å²) in [5.74, 6) is -0.316. The van der Waals surface area contributed by atoms with Gasteiger partial charge in [0.2, 0.25) is 17.0 Å². The van der Waals surface area contributed by atoms with Gasteiger partial charge in [0.15, 0.2) is 10.9 Å². The number of aliphatic hydroxyl groups excluding tert-OH is 1. The van der Waals surface area contributed by atoms with Crippen molar-refractivity contribution in [3.05, 3.63) is 257 Å². The number of anilines is 1. The van der Waals surface area contributed by atoms with Gasteiger partial charge in [0.25, 0.3) is 23.6 Å². The third kappa shape index (κ3) is 27.8. The maximum atomic E-state index is 12.4. The molecule has 4 amide bonds. The highest BCUT2D eigenvalue weighted by molar-refractivity contribution is 7.98. The molecule has 11 aromatic rings. The van der Waals surface area contributed by atoms with Crippen molar-refractivity contribution in [3.8, 4) is 37.7 Å². The third-order valence-electron chi connectivity index (χ3n) is 14.3. The number of hydrogen-bond acceptors (Lipinski definition) is 21. The number of halogens is 8. The van der Waals surface area contributed by atoms with Gasteiger partial charge in [0, 0.05) is 124 Å². The van der Waals surface area contributed by atoms with Gasteiger partial charge in [0.05, 0.1) is 62.7 Å². The fourth-order valence-corrected chi connectivity index (χ4v) is 15.3. The maximum Gasteiger partial charge on any atom is 0.331 e. The molecule has 0 aliphatic carbocycles. The molecule has 20 nitrogen and oxygen atoms in total. The lowest BCUT2D eigenvalue weighted by Gasteiger charge is -2.06. The minimum Gasteiger partial charge on any atom is -0.395 e. The molecule has 558 valence electrons. The molecule has 0 saturated heterocycles. The van der Waals surface area contributed by atoms with Crippen LogP contribution in [0.5, 0.6) is 6.01 Å². The molecule has 4 aromatic carbocycles. The first kappa shape index (κ1) is 85.0. The van der Waals surface area contributed by atoms with Crippen LogP contribution in [0.15, 0.2) is 176 Å². The van der Waals surface area contributed by atoms with Gasteiger partial charge in [-0.3, -0.25) is 24.0 Å². The number of amides is 4. The molecule has 0 fully saturated rings. The molecule has 0 spiro atoms. The van der Waals surface area contributed by atoms with Crippen LogP contribution in [0.2, 0.25) is 40.2 Å². The highest BCUT2D eigenvalue weighted by Crippen LogP contribution is 2.32. The van der Waals surface area contributed by atoms with Crippen molar-refractivity contribution in [1.29, 1.82) is 0 Å². The lowest BCUT2D eigenvalue weighted by Crippen LogP contribution is -2.24. The van der Waals surface area contributed by atoms with Crippen molar-refractivity contribution in [2.75, 3.05) is 71.3 Å². The second kappa shape index (κ2) is 43.5. The average Bonchev–Trinajstić information content (AvgIpc) is 1.70. The number of ketones is 1. The quantitative estimate of drug-likeness (QED) is 0.0115. The Bertz CT molecular complexity index is 4930. The molecule has 107 heavy (non-hydrogen) atoms. The summed E-state index contributed by atoms with van der Waals surface area (Å²) in [6.07, 6.45) is 13.8. The fourth-order valence-electron chi connectivity index (χ4n) is 9.12. The van der Waals surface area contributed by atoms with Crippen molar-refractivity contribution in [3.63, 3.8) is 0 Å². The monoisotopic (exact) mass is 1710 g/mol. The SMILES string of the molecule is CN(C)C=CC(=O)c1ccc(C(=O)NCCc2ccc(Cl)cc2Cl)s1.CS(=O)Oc1nccc(-c2ccc(C(=O)NCCc3ccc(Cl)cc3Cl)s2)n1.CSc1nccc(-c2ccc(C(=O)NCCc3ccc(Cl)cc3Cl)s2)n1.O=C(NCCc1ccc(Cl)cc1Cl)c1ccc(-c2ccnc(NCCO)n2)s1. The first-order valence-electron chi connectivity index (χ1n) is 32.0. The highest BCUT2D eigenvalue weighted by atomic mass is 35.5. The first-order valence-corrected chi connectivity index (χ1v) is 41.0. The van der Waals surface area contributed by atoms with Gasteiger partial charge in [-0.15, -0.1) is 45.3 Å². The number of nitrogens with one attached hydrogen (secondary N) is 5. The van der Waals surface area contributed by atoms with Crippen molar-refractivity contribution < 1.29 is 37.5 Å². The van der Waals surface area contributed by atoms with Crippen LogP contribution in [0, 0.1) is 0 Å². The van der Waals surface area contributed by atoms with Gasteiger partial charge in [0.1, 0.15) is 0 Å². The largest absolute Gasteiger partial charge is 0.395 e. The zero-order chi connectivity index (χ0) is 76.9. The number of carbonyl (C=O) groups excluding carboxylic acids is 5. The van der Waals surface area contributed by atoms with Crippen LogP contribution in [0.4, 0.5) is 5.95 Å². The summed E-state index contributed by atoms with van der Waals surface area (Å²) in [4.78, 5) is 93.7. The minimum atomic E-state index is -1.51. The molecular formula is C73H66Cl8N12O8S6. The van der Waals surface area contributed by atoms with Crippen molar-refractivity contribution in [2.45, 2.75) is 30.8 Å². The molecule has 7 aromatic heterocycles. The van der Waals surface area contributed by atoms with E-state index in [9.17, 15) is 28.2 Å². The summed E-state index contributed by atoms with van der Waals surface area (Å²) in [7, 11) is 3.67. The molecule has 34 heteroatoms. The molecule has 11 rings (SSSR count). The Labute approximate surface area is 680 Å². The molecule has 6 N–H and O–H groups in total. The van der Waals surface area contributed by atoms with E-state index in [1.165, 1.54) is 75.6 Å². The molecule has 0 aliphatic rings. The molecule has 1 unspecified atom stereocenters. The number of carbonyl (C=O) groups is 5. The summed E-state index contributed by atoms with van der Waals surface area (Å²) >= 11 is 53.3. The number of thioether (sulfide) groups is 1. The van der Waals surface area contributed by atoms with Crippen LogP contribution in [-0.4, -0.2) is 139 Å². The molecule has 0 radical (unpaired) electrons. The number of nitrogens with zero attached hydrogens (tertiary/aromatic N) is 7. The predicted octanol–water partition coefficient (Wildman–Crippen LogP) is 17.5. The van der Waals surface area contributed by atoms with Gasteiger partial charge in [-0.2, -0.15) is 4.98 Å². The number of thiophene rings is 4. The zero-order valence-corrected chi connectivity index (χ0v) is 68.1. The van der Waals surface area contributed by atoms with Crippen LogP contribution in [0.25, 0.3) is 31.7 Å². The predicted molar refractivity (Wildman–Crippen MR) is 440 cm³/mol. The standard InChI is InChI=1S/C19H18Cl2N4O2S.C18H15Cl2N3O3S2.C18H15Cl2N3OS2.C18H18Cl2N2O2S/c20-13-2-1-12(14(21)11-13)5-7-22-18(27)17-4-3-16(28-17)15-6-8-23-19(25-15)24-9-10-26;1-28(25)26-18-22-9-7-14(23-18)15-4-5-16(27-15)17(24)21-8-6-11-2-3-12(19)10-13(11)20;1-25-18-22-9-7-14(23-18)15-4-5-16(26-15)17(24)21-8-6-11-2-3-12(19)10-13(11)20;1-22(2)10-8-15(23)16-5-6-17(25-16)18(24)21-9-7-12-3-4-13(19)11-14(12)20/h1-4,6,8,11,26H,5,7,9-10H2,(H,22,27)(H,23,24,25);2-5,7,9-10H,6,8H2,1H3,(H,21,24);2-5,7,9-10H,6,8H2,1H3,(H,21,24);3-6,8,10-11H,7,9H2,1-2H3,(H,21,24). The topological polar surface area (TPSA) is 273 Å². The smallest absolute Gasteiger partial charge is 0.331 e. The molecule has 0 aliphatic heterocycles. The average molecular weight is 1720 g/mol. The molecule has 7 heterocycles. The third-order valence-corrected chi connectivity index (χ3v) is 22.0. The number of benzene rings is 4.